The Bertz CT molecular complexity index is 96.3. The van der Waals surface area contributed by atoms with Gasteiger partial charge in [0.2, 0.25) is 0 Å². The van der Waals surface area contributed by atoms with Crippen LogP contribution >= 0.6 is 23.9 Å². The van der Waals surface area contributed by atoms with Crippen LogP contribution in [0.25, 0.3) is 4.13 Å². The van der Waals surface area contributed by atoms with E-state index in [2.05, 4.69) is 18.0 Å². The van der Waals surface area contributed by atoms with Crippen molar-refractivity contribution in [3.63, 3.8) is 0 Å². The van der Waals surface area contributed by atoms with Crippen molar-refractivity contribution in [1.82, 2.24) is 0 Å². The molecule has 0 radical (unpaired) electrons. The first-order valence-corrected chi connectivity index (χ1v) is 3.57. The molecule has 0 N–H and O–H groups in total. The average Bonchev–Trinajstić information content (AvgIpc) is 1.91. The fourth-order valence-corrected chi connectivity index (χ4v) is 1.78. The Morgan fingerprint density at radius 3 is 1.71 bits per heavy atom. The maximum atomic E-state index is 4.00. The molecule has 1 aliphatic heterocycles. The van der Waals surface area contributed by atoms with Crippen LogP contribution in [0.5, 0.6) is 0 Å². The molecule has 3 heteroatoms. The van der Waals surface area contributed by atoms with Gasteiger partial charge in [-0.3, -0.25) is 0 Å². The van der Waals surface area contributed by atoms with Gasteiger partial charge in [-0.2, -0.15) is 0 Å². The number of hydrogen-bond donors (Lipinski definition) is 0. The molecule has 0 fully saturated rings. The van der Waals surface area contributed by atoms with Crippen LogP contribution in [0.2, 0.25) is 0 Å². The minimum absolute atomic E-state index is 1.34. The molecule has 0 saturated carbocycles. The predicted molar refractivity (Wildman–Crippen MR) is 36.9 cm³/mol. The van der Waals surface area contributed by atoms with E-state index in [9.17, 15) is 0 Å². The second-order valence-corrected chi connectivity index (χ2v) is 3.56. The summed E-state index contributed by atoms with van der Waals surface area (Å²) < 4.78 is 4.00. The molecule has 0 unspecified atom stereocenters. The topological polar surface area (TPSA) is 14.1 Å². The first kappa shape index (κ1) is 5.54. The molecule has 40 valence electrons. The van der Waals surface area contributed by atoms with Crippen LogP contribution in [0.4, 0.5) is 0 Å². The first-order valence-electron chi connectivity index (χ1n) is 2.02. The van der Waals surface area contributed by atoms with E-state index in [4.69, 9.17) is 0 Å². The smallest absolute Gasteiger partial charge is 0.0305 e. The zero-order valence-electron chi connectivity index (χ0n) is 4.26. The van der Waals surface area contributed by atoms with Crippen molar-refractivity contribution < 1.29 is 0 Å². The molecule has 0 bridgehead atoms. The third kappa shape index (κ3) is 1.15. The summed E-state index contributed by atoms with van der Waals surface area (Å²) in [6.07, 6.45) is 0. The number of hydrogen-bond acceptors (Lipinski definition) is 2. The molecule has 0 amide bonds. The number of nitrogens with zero attached hydrogens (tertiary/aromatic N) is 1. The van der Waals surface area contributed by atoms with Gasteiger partial charge in [-0.15, -0.1) is 0 Å². The Hall–Kier alpha value is 0.400. The van der Waals surface area contributed by atoms with Gasteiger partial charge in [0.15, 0.2) is 0 Å². The van der Waals surface area contributed by atoms with Crippen molar-refractivity contribution in [3.05, 3.63) is 13.9 Å². The van der Waals surface area contributed by atoms with E-state index in [1.165, 1.54) is 9.81 Å². The van der Waals surface area contributed by atoms with E-state index in [1.54, 1.807) is 23.9 Å². The first-order chi connectivity index (χ1) is 3.30. The van der Waals surface area contributed by atoms with Gasteiger partial charge in [-0.25, -0.2) is 23.9 Å². The van der Waals surface area contributed by atoms with E-state index >= 15 is 0 Å². The van der Waals surface area contributed by atoms with Crippen LogP contribution in [0.3, 0.4) is 0 Å². The highest BCUT2D eigenvalue weighted by molar-refractivity contribution is 8.26. The van der Waals surface area contributed by atoms with Crippen LogP contribution in [0, 0.1) is 0 Å². The fourth-order valence-electron chi connectivity index (χ4n) is 0.259. The summed E-state index contributed by atoms with van der Waals surface area (Å²) in [5, 5.41) is 0. The van der Waals surface area contributed by atoms with Crippen molar-refractivity contribution >= 4 is 23.9 Å². The van der Waals surface area contributed by atoms with Gasteiger partial charge in [0, 0.05) is 0 Å². The molecule has 1 nitrogen and oxygen atoms in total. The molecule has 0 saturated heterocycles. The highest BCUT2D eigenvalue weighted by Crippen LogP contribution is 2.45. The van der Waals surface area contributed by atoms with Crippen LogP contribution < -0.4 is 0 Å². The van der Waals surface area contributed by atoms with Crippen molar-refractivity contribution in [1.29, 1.82) is 0 Å². The molecule has 7 heavy (non-hydrogen) atoms. The standard InChI is InChI=1S/C4H6NS2/c1-3-4(2)7-5-6-3/h1-2H3/q-1. The highest BCUT2D eigenvalue weighted by atomic mass is 32.2. The molecular weight excluding hydrogens is 126 g/mol. The largest absolute Gasteiger partial charge is 0.542 e. The van der Waals surface area contributed by atoms with Gasteiger partial charge < -0.3 is 4.13 Å². The molecule has 0 aromatic heterocycles. The molecule has 0 aromatic carbocycles. The van der Waals surface area contributed by atoms with Crippen LogP contribution in [-0.2, 0) is 0 Å². The zero-order chi connectivity index (χ0) is 5.28. The third-order valence-electron chi connectivity index (χ3n) is 0.844. The van der Waals surface area contributed by atoms with Gasteiger partial charge in [0.1, 0.15) is 0 Å². The Kier molecular flexibility index (Phi) is 1.67. The molecule has 1 aliphatic rings. The molecule has 0 aromatic rings. The van der Waals surface area contributed by atoms with Crippen molar-refractivity contribution in [2.24, 2.45) is 0 Å². The minimum Gasteiger partial charge on any atom is -0.542 e. The van der Waals surface area contributed by atoms with Gasteiger partial charge in [0.05, 0.1) is 0 Å². The van der Waals surface area contributed by atoms with E-state index in [0.717, 1.165) is 0 Å². The van der Waals surface area contributed by atoms with Crippen LogP contribution in [-0.4, -0.2) is 0 Å². The second-order valence-electron chi connectivity index (χ2n) is 1.37. The fraction of sp³-hybridized carbons (Fsp3) is 0.500. The normalized spacial score (nSPS) is 21.4. The van der Waals surface area contributed by atoms with Crippen molar-refractivity contribution in [3.8, 4) is 0 Å². The summed E-state index contributed by atoms with van der Waals surface area (Å²) in [6, 6.07) is 0. The number of rotatable bonds is 0. The van der Waals surface area contributed by atoms with E-state index in [1.807, 2.05) is 0 Å². The van der Waals surface area contributed by atoms with Gasteiger partial charge >= 0.3 is 0 Å². The van der Waals surface area contributed by atoms with E-state index in [-0.39, 0.29) is 0 Å². The molecular formula is C4H6NS2-. The van der Waals surface area contributed by atoms with E-state index in [0.29, 0.717) is 0 Å². The highest BCUT2D eigenvalue weighted by Gasteiger charge is 1.93. The lowest BCUT2D eigenvalue weighted by Crippen LogP contribution is -1.58. The minimum atomic E-state index is 1.34. The third-order valence-corrected chi connectivity index (χ3v) is 2.73. The lowest BCUT2D eigenvalue weighted by Gasteiger charge is -2.04. The summed E-state index contributed by atoms with van der Waals surface area (Å²) in [5.41, 5.74) is 0. The zero-order valence-corrected chi connectivity index (χ0v) is 5.90. The monoisotopic (exact) mass is 132 g/mol. The summed E-state index contributed by atoms with van der Waals surface area (Å²) in [7, 11) is 0. The molecule has 1 heterocycles. The van der Waals surface area contributed by atoms with E-state index < -0.39 is 0 Å². The summed E-state index contributed by atoms with van der Waals surface area (Å²) in [5.74, 6) is 0. The maximum Gasteiger partial charge on any atom is -0.0305 e. The van der Waals surface area contributed by atoms with Gasteiger partial charge in [-0.05, 0) is 23.7 Å². The second kappa shape index (κ2) is 2.11. The van der Waals surface area contributed by atoms with Crippen molar-refractivity contribution in [2.75, 3.05) is 0 Å². The number of allylic oxidation sites excluding steroid dienone is 2. The van der Waals surface area contributed by atoms with Crippen LogP contribution in [0.15, 0.2) is 9.81 Å². The Morgan fingerprint density at radius 2 is 1.57 bits per heavy atom. The lowest BCUT2D eigenvalue weighted by molar-refractivity contribution is 1.57. The predicted octanol–water partition coefficient (Wildman–Crippen LogP) is 2.92. The van der Waals surface area contributed by atoms with Gasteiger partial charge in [-0.1, -0.05) is 0 Å². The van der Waals surface area contributed by atoms with Crippen LogP contribution in [0.1, 0.15) is 13.8 Å². The SMILES string of the molecule is CC1=C(C)S[N-]S1. The average molecular weight is 132 g/mol. The molecule has 1 rings (SSSR count). The molecule has 0 atom stereocenters. The quantitative estimate of drug-likeness (QED) is 0.470. The Morgan fingerprint density at radius 1 is 1.14 bits per heavy atom. The summed E-state index contributed by atoms with van der Waals surface area (Å²) in [6.45, 7) is 4.17. The van der Waals surface area contributed by atoms with Gasteiger partial charge in [0.25, 0.3) is 0 Å². The summed E-state index contributed by atoms with van der Waals surface area (Å²) in [4.78, 5) is 2.68. The molecule has 0 spiro atoms. The molecule has 0 aliphatic carbocycles. The maximum absolute atomic E-state index is 4.00. The Labute approximate surface area is 52.2 Å². The Balaban J connectivity index is 2.64. The lowest BCUT2D eigenvalue weighted by atomic mass is 10.6. The summed E-state index contributed by atoms with van der Waals surface area (Å²) >= 11 is 3.15. The van der Waals surface area contributed by atoms with Crippen molar-refractivity contribution in [2.45, 2.75) is 13.8 Å².